The summed E-state index contributed by atoms with van der Waals surface area (Å²) in [6, 6.07) is 0.688. The van der Waals surface area contributed by atoms with Crippen LogP contribution in [0.1, 0.15) is 64.9 Å². The maximum Gasteiger partial charge on any atom is 0.311 e. The highest BCUT2D eigenvalue weighted by atomic mass is 19.2. The molecule has 0 heterocycles. The summed E-state index contributed by atoms with van der Waals surface area (Å²) in [5.74, 6) is -6.11. The molecule has 0 saturated carbocycles. The maximum atomic E-state index is 13.8. The smallest absolute Gasteiger partial charge is 0.311 e. The standard InChI is InChI=1S/C20H28F3NO3/c1-13-12-14(21)18(23)19(17(13)22)27-16(26)9-7-8-15(25)24-11-6-5-10-20(2,3)4/h12H,5-11H2,1-4H3,(H,24,25). The van der Waals surface area contributed by atoms with Crippen LogP contribution in [0, 0.1) is 29.8 Å². The Labute approximate surface area is 158 Å². The molecule has 1 amide bonds. The first-order valence-corrected chi connectivity index (χ1v) is 9.13. The molecule has 0 unspecified atom stereocenters. The van der Waals surface area contributed by atoms with Gasteiger partial charge in [0.1, 0.15) is 0 Å². The molecule has 0 fully saturated rings. The number of carbonyl (C=O) groups is 2. The van der Waals surface area contributed by atoms with Crippen molar-refractivity contribution < 1.29 is 27.5 Å². The van der Waals surface area contributed by atoms with E-state index in [4.69, 9.17) is 0 Å². The van der Waals surface area contributed by atoms with Gasteiger partial charge < -0.3 is 10.1 Å². The predicted octanol–water partition coefficient (Wildman–Crippen LogP) is 4.82. The van der Waals surface area contributed by atoms with Crippen LogP contribution in [-0.2, 0) is 9.59 Å². The van der Waals surface area contributed by atoms with E-state index in [1.807, 2.05) is 0 Å². The number of carbonyl (C=O) groups excluding carboxylic acids is 2. The van der Waals surface area contributed by atoms with Crippen LogP contribution in [0.25, 0.3) is 0 Å². The summed E-state index contributed by atoms with van der Waals surface area (Å²) < 4.78 is 45.2. The molecule has 0 bridgehead atoms. The van der Waals surface area contributed by atoms with Crippen LogP contribution in [0.3, 0.4) is 0 Å². The summed E-state index contributed by atoms with van der Waals surface area (Å²) in [6.45, 7) is 8.29. The molecule has 1 aromatic carbocycles. The van der Waals surface area contributed by atoms with Crippen molar-refractivity contribution in [2.24, 2.45) is 5.41 Å². The molecular formula is C20H28F3NO3. The molecule has 0 aliphatic heterocycles. The third kappa shape index (κ3) is 8.45. The molecule has 0 atom stereocenters. The molecule has 0 aliphatic carbocycles. The summed E-state index contributed by atoms with van der Waals surface area (Å²) in [5.41, 5.74) is 0.103. The van der Waals surface area contributed by atoms with Gasteiger partial charge in [-0.15, -0.1) is 0 Å². The van der Waals surface area contributed by atoms with Gasteiger partial charge in [0.2, 0.25) is 17.5 Å². The first-order valence-electron chi connectivity index (χ1n) is 9.13. The molecule has 0 saturated heterocycles. The zero-order valence-electron chi connectivity index (χ0n) is 16.4. The third-order valence-corrected chi connectivity index (χ3v) is 3.97. The van der Waals surface area contributed by atoms with Gasteiger partial charge >= 0.3 is 5.97 Å². The minimum absolute atomic E-state index is 0.0987. The van der Waals surface area contributed by atoms with Gasteiger partial charge in [-0.05, 0) is 43.2 Å². The van der Waals surface area contributed by atoms with Gasteiger partial charge in [0.05, 0.1) is 0 Å². The lowest BCUT2D eigenvalue weighted by molar-refractivity contribution is -0.135. The van der Waals surface area contributed by atoms with Gasteiger partial charge in [0.25, 0.3) is 0 Å². The van der Waals surface area contributed by atoms with Crippen molar-refractivity contribution >= 4 is 11.9 Å². The van der Waals surface area contributed by atoms with Crippen molar-refractivity contribution in [1.29, 1.82) is 0 Å². The van der Waals surface area contributed by atoms with Crippen LogP contribution in [0.5, 0.6) is 5.75 Å². The minimum Gasteiger partial charge on any atom is -0.420 e. The molecule has 1 rings (SSSR count). The Morgan fingerprint density at radius 3 is 2.33 bits per heavy atom. The monoisotopic (exact) mass is 387 g/mol. The Hall–Kier alpha value is -2.05. The first kappa shape index (κ1) is 23.0. The van der Waals surface area contributed by atoms with E-state index in [-0.39, 0.29) is 36.1 Å². The zero-order chi connectivity index (χ0) is 20.6. The van der Waals surface area contributed by atoms with Crippen molar-refractivity contribution in [3.8, 4) is 5.75 Å². The van der Waals surface area contributed by atoms with Crippen LogP contribution in [0.15, 0.2) is 6.07 Å². The Morgan fingerprint density at radius 2 is 1.70 bits per heavy atom. The molecular weight excluding hydrogens is 359 g/mol. The van der Waals surface area contributed by atoms with E-state index in [2.05, 4.69) is 30.8 Å². The third-order valence-electron chi connectivity index (χ3n) is 3.97. The van der Waals surface area contributed by atoms with E-state index in [0.717, 1.165) is 19.3 Å². The molecule has 1 N–H and O–H groups in total. The van der Waals surface area contributed by atoms with Crippen molar-refractivity contribution in [2.75, 3.05) is 6.54 Å². The number of hydrogen-bond donors (Lipinski definition) is 1. The molecule has 4 nitrogen and oxygen atoms in total. The summed E-state index contributed by atoms with van der Waals surface area (Å²) in [5, 5.41) is 2.76. The highest BCUT2D eigenvalue weighted by Gasteiger charge is 2.21. The molecule has 7 heteroatoms. The van der Waals surface area contributed by atoms with Gasteiger partial charge in [-0.2, -0.15) is 4.39 Å². The Kier molecular flexibility index (Phi) is 8.79. The second kappa shape index (κ2) is 10.3. The molecule has 27 heavy (non-hydrogen) atoms. The van der Waals surface area contributed by atoms with E-state index in [1.54, 1.807) is 0 Å². The van der Waals surface area contributed by atoms with Gasteiger partial charge in [0, 0.05) is 19.4 Å². The lowest BCUT2D eigenvalue weighted by Gasteiger charge is -2.17. The van der Waals surface area contributed by atoms with E-state index >= 15 is 0 Å². The topological polar surface area (TPSA) is 55.4 Å². The molecule has 152 valence electrons. The van der Waals surface area contributed by atoms with Crippen molar-refractivity contribution in [3.63, 3.8) is 0 Å². The van der Waals surface area contributed by atoms with Gasteiger partial charge in [0.15, 0.2) is 11.6 Å². The Balaban J connectivity index is 2.31. The van der Waals surface area contributed by atoms with Gasteiger partial charge in [-0.25, -0.2) is 8.78 Å². The van der Waals surface area contributed by atoms with Gasteiger partial charge in [-0.3, -0.25) is 9.59 Å². The van der Waals surface area contributed by atoms with Crippen LogP contribution in [0.4, 0.5) is 13.2 Å². The Morgan fingerprint density at radius 1 is 1.04 bits per heavy atom. The fourth-order valence-electron chi connectivity index (χ4n) is 2.44. The number of amides is 1. The van der Waals surface area contributed by atoms with E-state index in [0.29, 0.717) is 12.6 Å². The molecule has 0 radical (unpaired) electrons. The van der Waals surface area contributed by atoms with Crippen molar-refractivity contribution in [1.82, 2.24) is 5.32 Å². The second-order valence-corrected chi connectivity index (χ2v) is 7.83. The predicted molar refractivity (Wildman–Crippen MR) is 96.9 cm³/mol. The number of hydrogen-bond acceptors (Lipinski definition) is 3. The quantitative estimate of drug-likeness (QED) is 0.286. The normalized spacial score (nSPS) is 11.4. The number of aryl methyl sites for hydroxylation is 1. The molecule has 0 aromatic heterocycles. The van der Waals surface area contributed by atoms with Crippen LogP contribution in [0.2, 0.25) is 0 Å². The number of benzene rings is 1. The van der Waals surface area contributed by atoms with Crippen molar-refractivity contribution in [2.45, 2.75) is 66.2 Å². The largest absolute Gasteiger partial charge is 0.420 e. The highest BCUT2D eigenvalue weighted by Crippen LogP contribution is 2.27. The number of halogens is 3. The molecule has 0 aliphatic rings. The highest BCUT2D eigenvalue weighted by molar-refractivity contribution is 5.77. The SMILES string of the molecule is Cc1cc(F)c(F)c(OC(=O)CCCC(=O)NCCCCC(C)(C)C)c1F. The minimum atomic E-state index is -1.54. The zero-order valence-corrected chi connectivity index (χ0v) is 16.4. The summed E-state index contributed by atoms with van der Waals surface area (Å²) in [7, 11) is 0. The lowest BCUT2D eigenvalue weighted by atomic mass is 9.90. The van der Waals surface area contributed by atoms with Crippen LogP contribution >= 0.6 is 0 Å². The molecule has 0 spiro atoms. The maximum absolute atomic E-state index is 13.8. The number of nitrogens with one attached hydrogen (secondary N) is 1. The first-order chi connectivity index (χ1) is 12.5. The Bertz CT molecular complexity index is 643. The lowest BCUT2D eigenvalue weighted by Crippen LogP contribution is -2.24. The van der Waals surface area contributed by atoms with Crippen LogP contribution < -0.4 is 10.1 Å². The van der Waals surface area contributed by atoms with Crippen molar-refractivity contribution in [3.05, 3.63) is 29.1 Å². The van der Waals surface area contributed by atoms with Gasteiger partial charge in [-0.1, -0.05) is 27.2 Å². The second-order valence-electron chi connectivity index (χ2n) is 7.83. The number of rotatable bonds is 9. The van der Waals surface area contributed by atoms with E-state index in [9.17, 15) is 22.8 Å². The number of esters is 1. The summed E-state index contributed by atoms with van der Waals surface area (Å²) in [4.78, 5) is 23.4. The average Bonchev–Trinajstić information content (AvgIpc) is 2.55. The summed E-state index contributed by atoms with van der Waals surface area (Å²) in [6.07, 6.45) is 3.03. The number of ether oxygens (including phenoxy) is 1. The van der Waals surface area contributed by atoms with E-state index in [1.165, 1.54) is 6.92 Å². The van der Waals surface area contributed by atoms with Crippen LogP contribution in [-0.4, -0.2) is 18.4 Å². The van der Waals surface area contributed by atoms with E-state index < -0.39 is 29.2 Å². The molecule has 1 aromatic rings. The fourth-order valence-corrected chi connectivity index (χ4v) is 2.44. The summed E-state index contributed by atoms with van der Waals surface area (Å²) >= 11 is 0. The number of unbranched alkanes of at least 4 members (excludes halogenated alkanes) is 1. The fraction of sp³-hybridized carbons (Fsp3) is 0.600. The average molecular weight is 387 g/mol.